The number of carbonyl (C=O) groups is 1. The maximum Gasteiger partial charge on any atom is 0.263 e. The maximum atomic E-state index is 12.6. The van der Waals surface area contributed by atoms with E-state index in [0.29, 0.717) is 12.3 Å². The van der Waals surface area contributed by atoms with Crippen LogP contribution in [-0.4, -0.2) is 37.3 Å². The first-order chi connectivity index (χ1) is 11.9. The molecule has 2 aromatic rings. The Kier molecular flexibility index (Phi) is 7.20. The van der Waals surface area contributed by atoms with Gasteiger partial charge in [-0.15, -0.1) is 11.8 Å². The quantitative estimate of drug-likeness (QED) is 0.609. The Balaban J connectivity index is 2.00. The van der Waals surface area contributed by atoms with Crippen LogP contribution in [0.1, 0.15) is 12.5 Å². The number of methoxy groups -OCH3 is 1. The van der Waals surface area contributed by atoms with E-state index in [0.717, 1.165) is 20.7 Å². The summed E-state index contributed by atoms with van der Waals surface area (Å²) in [5.74, 6) is 1.42. The van der Waals surface area contributed by atoms with E-state index in [1.807, 2.05) is 48.7 Å². The van der Waals surface area contributed by atoms with Gasteiger partial charge in [-0.05, 0) is 55.1 Å². The van der Waals surface area contributed by atoms with Crippen molar-refractivity contribution in [3.8, 4) is 11.5 Å². The molecular weight excluding hydrogens is 402 g/mol. The van der Waals surface area contributed by atoms with Gasteiger partial charge in [0.15, 0.2) is 6.10 Å². The summed E-state index contributed by atoms with van der Waals surface area (Å²) in [6.45, 7) is 2.26. The Hall–Kier alpha value is -1.66. The van der Waals surface area contributed by atoms with E-state index in [9.17, 15) is 4.79 Å². The van der Waals surface area contributed by atoms with Crippen molar-refractivity contribution < 1.29 is 14.3 Å². The highest BCUT2D eigenvalue weighted by Crippen LogP contribution is 2.28. The van der Waals surface area contributed by atoms with E-state index < -0.39 is 6.10 Å². The molecule has 0 saturated heterocycles. The molecule has 134 valence electrons. The van der Waals surface area contributed by atoms with Crippen LogP contribution in [0.3, 0.4) is 0 Å². The molecule has 0 radical (unpaired) electrons. The summed E-state index contributed by atoms with van der Waals surface area (Å²) in [5, 5.41) is 0. The van der Waals surface area contributed by atoms with E-state index >= 15 is 0 Å². The van der Waals surface area contributed by atoms with Gasteiger partial charge in [0.05, 0.1) is 7.11 Å². The zero-order chi connectivity index (χ0) is 18.4. The number of thioether (sulfide) groups is 1. The largest absolute Gasteiger partial charge is 0.496 e. The van der Waals surface area contributed by atoms with Crippen LogP contribution in [-0.2, 0) is 11.3 Å². The molecule has 25 heavy (non-hydrogen) atoms. The van der Waals surface area contributed by atoms with E-state index in [2.05, 4.69) is 15.9 Å². The minimum Gasteiger partial charge on any atom is -0.496 e. The fraction of sp³-hybridized carbons (Fsp3) is 0.316. The molecule has 0 fully saturated rings. The van der Waals surface area contributed by atoms with Gasteiger partial charge < -0.3 is 14.4 Å². The second kappa shape index (κ2) is 9.15. The fourth-order valence-electron chi connectivity index (χ4n) is 2.41. The Labute approximate surface area is 161 Å². The predicted molar refractivity (Wildman–Crippen MR) is 105 cm³/mol. The number of nitrogens with zero attached hydrogens (tertiary/aromatic N) is 1. The second-order valence-corrected chi connectivity index (χ2v) is 7.36. The average molecular weight is 424 g/mol. The molecule has 1 unspecified atom stereocenters. The molecule has 0 bridgehead atoms. The first kappa shape index (κ1) is 19.7. The number of rotatable bonds is 7. The third kappa shape index (κ3) is 5.41. The highest BCUT2D eigenvalue weighted by atomic mass is 79.9. The zero-order valence-electron chi connectivity index (χ0n) is 14.8. The summed E-state index contributed by atoms with van der Waals surface area (Å²) < 4.78 is 12.1. The first-order valence-corrected chi connectivity index (χ1v) is 9.84. The number of amides is 1. The van der Waals surface area contributed by atoms with Crippen LogP contribution < -0.4 is 9.47 Å². The van der Waals surface area contributed by atoms with Gasteiger partial charge in [-0.3, -0.25) is 4.79 Å². The molecule has 0 aliphatic heterocycles. The predicted octanol–water partition coefficient (Wildman–Crippen LogP) is 4.61. The Morgan fingerprint density at radius 1 is 1.24 bits per heavy atom. The minimum atomic E-state index is -0.557. The van der Waals surface area contributed by atoms with Crippen molar-refractivity contribution in [2.75, 3.05) is 20.4 Å². The van der Waals surface area contributed by atoms with Crippen molar-refractivity contribution in [2.45, 2.75) is 24.5 Å². The SMILES string of the molecule is COc1cc(CN(C)C(=O)C(C)Oc2ccc(Br)cc2)ccc1SC. The van der Waals surface area contributed by atoms with E-state index in [4.69, 9.17) is 9.47 Å². The van der Waals surface area contributed by atoms with E-state index in [-0.39, 0.29) is 5.91 Å². The van der Waals surface area contributed by atoms with Gasteiger partial charge in [-0.2, -0.15) is 0 Å². The molecule has 0 spiro atoms. The molecule has 2 rings (SSSR count). The lowest BCUT2D eigenvalue weighted by Crippen LogP contribution is -2.37. The third-order valence-electron chi connectivity index (χ3n) is 3.72. The third-order valence-corrected chi connectivity index (χ3v) is 5.02. The zero-order valence-corrected chi connectivity index (χ0v) is 17.2. The van der Waals surface area contributed by atoms with Crippen LogP contribution in [0, 0.1) is 0 Å². The van der Waals surface area contributed by atoms with Crippen molar-refractivity contribution in [2.24, 2.45) is 0 Å². The van der Waals surface area contributed by atoms with Gasteiger partial charge in [0.1, 0.15) is 11.5 Å². The lowest BCUT2D eigenvalue weighted by molar-refractivity contribution is -0.137. The van der Waals surface area contributed by atoms with Crippen LogP contribution in [0.4, 0.5) is 0 Å². The van der Waals surface area contributed by atoms with E-state index in [1.165, 1.54) is 0 Å². The normalized spacial score (nSPS) is 11.7. The summed E-state index contributed by atoms with van der Waals surface area (Å²) in [4.78, 5) is 15.3. The van der Waals surface area contributed by atoms with Crippen molar-refractivity contribution in [1.82, 2.24) is 4.90 Å². The van der Waals surface area contributed by atoms with Gasteiger partial charge in [0, 0.05) is 23.0 Å². The van der Waals surface area contributed by atoms with Crippen LogP contribution in [0.25, 0.3) is 0 Å². The van der Waals surface area contributed by atoms with Gasteiger partial charge in [0.25, 0.3) is 5.91 Å². The number of ether oxygens (including phenoxy) is 2. The van der Waals surface area contributed by atoms with Crippen molar-refractivity contribution >= 4 is 33.6 Å². The summed E-state index contributed by atoms with van der Waals surface area (Å²) in [6.07, 6.45) is 1.45. The van der Waals surface area contributed by atoms with Gasteiger partial charge in [0.2, 0.25) is 0 Å². The number of hydrogen-bond acceptors (Lipinski definition) is 4. The molecule has 0 aromatic heterocycles. The van der Waals surface area contributed by atoms with E-state index in [1.54, 1.807) is 37.7 Å². The lowest BCUT2D eigenvalue weighted by atomic mass is 10.2. The first-order valence-electron chi connectivity index (χ1n) is 7.82. The molecule has 0 saturated carbocycles. The van der Waals surface area contributed by atoms with Crippen LogP contribution in [0.5, 0.6) is 11.5 Å². The fourth-order valence-corrected chi connectivity index (χ4v) is 3.22. The molecule has 0 aliphatic carbocycles. The monoisotopic (exact) mass is 423 g/mol. The van der Waals surface area contributed by atoms with Gasteiger partial charge in [-0.1, -0.05) is 22.0 Å². The Bertz CT molecular complexity index is 721. The molecular formula is C19H22BrNO3S. The second-order valence-electron chi connectivity index (χ2n) is 5.60. The number of benzene rings is 2. The van der Waals surface area contributed by atoms with Crippen molar-refractivity contribution in [1.29, 1.82) is 0 Å². The van der Waals surface area contributed by atoms with Crippen LogP contribution in [0.2, 0.25) is 0 Å². The molecule has 0 N–H and O–H groups in total. The number of likely N-dealkylation sites (N-methyl/N-ethyl adjacent to an activating group) is 1. The molecule has 1 atom stereocenters. The Morgan fingerprint density at radius 2 is 1.92 bits per heavy atom. The maximum absolute atomic E-state index is 12.6. The summed E-state index contributed by atoms with van der Waals surface area (Å²) in [7, 11) is 3.43. The highest BCUT2D eigenvalue weighted by molar-refractivity contribution is 9.10. The minimum absolute atomic E-state index is 0.0733. The molecule has 4 nitrogen and oxygen atoms in total. The molecule has 1 amide bonds. The molecule has 2 aromatic carbocycles. The molecule has 6 heteroatoms. The van der Waals surface area contributed by atoms with Crippen LogP contribution in [0.15, 0.2) is 51.8 Å². The summed E-state index contributed by atoms with van der Waals surface area (Å²) >= 11 is 5.01. The highest BCUT2D eigenvalue weighted by Gasteiger charge is 2.19. The summed E-state index contributed by atoms with van der Waals surface area (Å²) in [5.41, 5.74) is 1.02. The topological polar surface area (TPSA) is 38.8 Å². The summed E-state index contributed by atoms with van der Waals surface area (Å²) in [6, 6.07) is 13.4. The average Bonchev–Trinajstić information content (AvgIpc) is 2.62. The smallest absolute Gasteiger partial charge is 0.263 e. The standard InChI is InChI=1S/C19H22BrNO3S/c1-13(24-16-8-6-15(20)7-9-16)19(22)21(2)12-14-5-10-18(25-4)17(11-14)23-3/h5-11,13H,12H2,1-4H3. The molecule has 0 heterocycles. The number of carbonyl (C=O) groups excluding carboxylic acids is 1. The van der Waals surface area contributed by atoms with Crippen LogP contribution >= 0.6 is 27.7 Å². The number of halogens is 1. The molecule has 0 aliphatic rings. The number of hydrogen-bond donors (Lipinski definition) is 0. The van der Waals surface area contributed by atoms with Gasteiger partial charge in [-0.25, -0.2) is 0 Å². The lowest BCUT2D eigenvalue weighted by Gasteiger charge is -2.22. The van der Waals surface area contributed by atoms with Gasteiger partial charge >= 0.3 is 0 Å². The van der Waals surface area contributed by atoms with Crippen molar-refractivity contribution in [3.63, 3.8) is 0 Å². The Morgan fingerprint density at radius 3 is 2.52 bits per heavy atom. The van der Waals surface area contributed by atoms with Crippen molar-refractivity contribution in [3.05, 3.63) is 52.5 Å².